The highest BCUT2D eigenvalue weighted by molar-refractivity contribution is 6.31. The Hall–Kier alpha value is -1.81. The average molecular weight is 251 g/mol. The maximum Gasteiger partial charge on any atom is 0.262 e. The molecule has 0 fully saturated rings. The van der Waals surface area contributed by atoms with Crippen molar-refractivity contribution in [1.82, 2.24) is 9.97 Å². The molecule has 0 amide bonds. The van der Waals surface area contributed by atoms with Crippen LogP contribution in [-0.4, -0.2) is 24.2 Å². The number of ether oxygens (including phenoxy) is 2. The van der Waals surface area contributed by atoms with Gasteiger partial charge in [0.25, 0.3) is 5.88 Å². The molecule has 0 spiro atoms. The van der Waals surface area contributed by atoms with Crippen LogP contribution in [0.2, 0.25) is 5.15 Å². The summed E-state index contributed by atoms with van der Waals surface area (Å²) in [6.45, 7) is 0. The molecule has 0 unspecified atom stereocenters. The van der Waals surface area contributed by atoms with E-state index in [9.17, 15) is 0 Å². The highest BCUT2D eigenvalue weighted by Crippen LogP contribution is 2.33. The first-order valence-corrected chi connectivity index (χ1v) is 5.35. The van der Waals surface area contributed by atoms with Crippen LogP contribution in [0.5, 0.6) is 11.6 Å². The summed E-state index contributed by atoms with van der Waals surface area (Å²) in [5, 5.41) is 0.234. The molecule has 1 aromatic carbocycles. The Labute approximate surface area is 104 Å². The normalized spacial score (nSPS) is 10.1. The molecule has 2 aromatic rings. The SMILES string of the molecule is COc1nc(-c2ccccc2)nc(Cl)c1OC. The van der Waals surface area contributed by atoms with Crippen LogP contribution >= 0.6 is 11.6 Å². The predicted octanol–water partition coefficient (Wildman–Crippen LogP) is 2.81. The Balaban J connectivity index is 2.54. The number of aromatic nitrogens is 2. The van der Waals surface area contributed by atoms with E-state index < -0.39 is 0 Å². The number of rotatable bonds is 3. The summed E-state index contributed by atoms with van der Waals surface area (Å²) in [4.78, 5) is 8.42. The minimum Gasteiger partial charge on any atom is -0.489 e. The van der Waals surface area contributed by atoms with E-state index >= 15 is 0 Å². The molecule has 0 saturated heterocycles. The van der Waals surface area contributed by atoms with Crippen LogP contribution in [0.15, 0.2) is 30.3 Å². The molecule has 1 aromatic heterocycles. The van der Waals surface area contributed by atoms with Crippen LogP contribution in [0, 0.1) is 0 Å². The van der Waals surface area contributed by atoms with Gasteiger partial charge in [-0.3, -0.25) is 0 Å². The lowest BCUT2D eigenvalue weighted by atomic mass is 10.2. The Kier molecular flexibility index (Phi) is 3.44. The molecule has 5 heteroatoms. The summed E-state index contributed by atoms with van der Waals surface area (Å²) in [6.07, 6.45) is 0. The molecule has 0 radical (unpaired) electrons. The zero-order chi connectivity index (χ0) is 12.3. The topological polar surface area (TPSA) is 44.2 Å². The summed E-state index contributed by atoms with van der Waals surface area (Å²) in [7, 11) is 3.01. The Bertz CT molecular complexity index is 517. The summed E-state index contributed by atoms with van der Waals surface area (Å²) >= 11 is 6.01. The minimum absolute atomic E-state index is 0.234. The monoisotopic (exact) mass is 250 g/mol. The second-order valence-electron chi connectivity index (χ2n) is 3.25. The van der Waals surface area contributed by atoms with Crippen molar-refractivity contribution in [2.24, 2.45) is 0 Å². The van der Waals surface area contributed by atoms with Crippen LogP contribution in [-0.2, 0) is 0 Å². The van der Waals surface area contributed by atoms with Crippen LogP contribution in [0.3, 0.4) is 0 Å². The maximum absolute atomic E-state index is 6.01. The van der Waals surface area contributed by atoms with Crippen LogP contribution in [0.4, 0.5) is 0 Å². The van der Waals surface area contributed by atoms with Crippen molar-refractivity contribution in [1.29, 1.82) is 0 Å². The molecular formula is C12H11ClN2O2. The molecule has 0 aliphatic rings. The smallest absolute Gasteiger partial charge is 0.262 e. The van der Waals surface area contributed by atoms with Gasteiger partial charge in [0.15, 0.2) is 11.0 Å². The van der Waals surface area contributed by atoms with Crippen molar-refractivity contribution in [3.8, 4) is 23.0 Å². The van der Waals surface area contributed by atoms with Crippen molar-refractivity contribution >= 4 is 11.6 Å². The predicted molar refractivity (Wildman–Crippen MR) is 65.6 cm³/mol. The van der Waals surface area contributed by atoms with Gasteiger partial charge >= 0.3 is 0 Å². The Morgan fingerprint density at radius 1 is 1.00 bits per heavy atom. The van der Waals surface area contributed by atoms with Crippen LogP contribution in [0.1, 0.15) is 0 Å². The number of methoxy groups -OCH3 is 2. The van der Waals surface area contributed by atoms with Gasteiger partial charge in [0.1, 0.15) is 0 Å². The van der Waals surface area contributed by atoms with Gasteiger partial charge in [0, 0.05) is 5.56 Å². The molecule has 17 heavy (non-hydrogen) atoms. The third kappa shape index (κ3) is 2.31. The third-order valence-electron chi connectivity index (χ3n) is 2.22. The lowest BCUT2D eigenvalue weighted by Gasteiger charge is -2.09. The van der Waals surface area contributed by atoms with Gasteiger partial charge in [-0.1, -0.05) is 41.9 Å². The molecule has 0 aliphatic heterocycles. The summed E-state index contributed by atoms with van der Waals surface area (Å²) in [5.74, 6) is 1.17. The first-order chi connectivity index (χ1) is 8.26. The third-order valence-corrected chi connectivity index (χ3v) is 2.48. The first-order valence-electron chi connectivity index (χ1n) is 4.97. The number of hydrogen-bond donors (Lipinski definition) is 0. The zero-order valence-electron chi connectivity index (χ0n) is 9.48. The van der Waals surface area contributed by atoms with E-state index in [4.69, 9.17) is 21.1 Å². The van der Waals surface area contributed by atoms with Crippen molar-refractivity contribution in [3.63, 3.8) is 0 Å². The van der Waals surface area contributed by atoms with E-state index in [1.165, 1.54) is 14.2 Å². The number of hydrogen-bond acceptors (Lipinski definition) is 4. The molecule has 88 valence electrons. The molecule has 0 bridgehead atoms. The molecule has 4 nitrogen and oxygen atoms in total. The van der Waals surface area contributed by atoms with Crippen molar-refractivity contribution in [3.05, 3.63) is 35.5 Å². The molecule has 0 aliphatic carbocycles. The van der Waals surface area contributed by atoms with Crippen molar-refractivity contribution in [2.75, 3.05) is 14.2 Å². The van der Waals surface area contributed by atoms with E-state index in [2.05, 4.69) is 9.97 Å². The molecule has 0 N–H and O–H groups in total. The number of halogens is 1. The number of benzene rings is 1. The van der Waals surface area contributed by atoms with Gasteiger partial charge in [-0.2, -0.15) is 4.98 Å². The standard InChI is InChI=1S/C12H11ClN2O2/c1-16-9-10(13)14-11(15-12(9)17-2)8-6-4-3-5-7-8/h3-7H,1-2H3. The molecule has 0 saturated carbocycles. The summed E-state index contributed by atoms with van der Waals surface area (Å²) in [6, 6.07) is 9.54. The van der Waals surface area contributed by atoms with Gasteiger partial charge in [0.05, 0.1) is 14.2 Å². The summed E-state index contributed by atoms with van der Waals surface area (Å²) in [5.41, 5.74) is 0.871. The van der Waals surface area contributed by atoms with E-state index in [1.807, 2.05) is 30.3 Å². The second kappa shape index (κ2) is 5.01. The quantitative estimate of drug-likeness (QED) is 0.786. The van der Waals surface area contributed by atoms with Gasteiger partial charge in [-0.15, -0.1) is 0 Å². The molecular weight excluding hydrogens is 240 g/mol. The fourth-order valence-electron chi connectivity index (χ4n) is 1.43. The van der Waals surface area contributed by atoms with Crippen molar-refractivity contribution < 1.29 is 9.47 Å². The Morgan fingerprint density at radius 3 is 2.29 bits per heavy atom. The fraction of sp³-hybridized carbons (Fsp3) is 0.167. The molecule has 0 atom stereocenters. The zero-order valence-corrected chi connectivity index (χ0v) is 10.2. The highest BCUT2D eigenvalue weighted by atomic mass is 35.5. The molecule has 2 rings (SSSR count). The highest BCUT2D eigenvalue weighted by Gasteiger charge is 2.14. The van der Waals surface area contributed by atoms with Crippen LogP contribution in [0.25, 0.3) is 11.4 Å². The first kappa shape index (κ1) is 11.7. The van der Waals surface area contributed by atoms with Crippen molar-refractivity contribution in [2.45, 2.75) is 0 Å². The van der Waals surface area contributed by atoms with E-state index in [1.54, 1.807) is 0 Å². The largest absolute Gasteiger partial charge is 0.489 e. The van der Waals surface area contributed by atoms with E-state index in [0.29, 0.717) is 17.5 Å². The second-order valence-corrected chi connectivity index (χ2v) is 3.60. The van der Waals surface area contributed by atoms with Gasteiger partial charge < -0.3 is 9.47 Å². The minimum atomic E-state index is 0.234. The van der Waals surface area contributed by atoms with E-state index in [-0.39, 0.29) is 5.15 Å². The van der Waals surface area contributed by atoms with Gasteiger partial charge in [-0.25, -0.2) is 4.98 Å². The van der Waals surface area contributed by atoms with Gasteiger partial charge in [0.2, 0.25) is 5.75 Å². The number of nitrogens with zero attached hydrogens (tertiary/aromatic N) is 2. The lowest BCUT2D eigenvalue weighted by Crippen LogP contribution is -1.99. The van der Waals surface area contributed by atoms with Crippen LogP contribution < -0.4 is 9.47 Å². The van der Waals surface area contributed by atoms with Gasteiger partial charge in [-0.05, 0) is 0 Å². The molecule has 1 heterocycles. The maximum atomic E-state index is 6.01. The lowest BCUT2D eigenvalue weighted by molar-refractivity contribution is 0.341. The van der Waals surface area contributed by atoms with E-state index in [0.717, 1.165) is 5.56 Å². The average Bonchev–Trinajstić information content (AvgIpc) is 2.38. The summed E-state index contributed by atoms with van der Waals surface area (Å²) < 4.78 is 10.2. The fourth-order valence-corrected chi connectivity index (χ4v) is 1.67. The Morgan fingerprint density at radius 2 is 1.71 bits per heavy atom.